The molecule has 130 valence electrons. The second-order valence-corrected chi connectivity index (χ2v) is 7.75. The number of sulfonamides is 1. The SMILES string of the molecule is O=S(=O)(NC1CCC(C(F)(F)F)CC1)c1cccc2cnccc12. The van der Waals surface area contributed by atoms with Crippen LogP contribution < -0.4 is 4.72 Å². The molecule has 1 N–H and O–H groups in total. The van der Waals surface area contributed by atoms with Crippen molar-refractivity contribution in [2.24, 2.45) is 5.92 Å². The number of benzene rings is 1. The fourth-order valence-electron chi connectivity index (χ4n) is 3.15. The molecule has 8 heteroatoms. The van der Waals surface area contributed by atoms with E-state index in [4.69, 9.17) is 0 Å². The van der Waals surface area contributed by atoms with E-state index in [0.29, 0.717) is 10.8 Å². The van der Waals surface area contributed by atoms with Gasteiger partial charge in [0.25, 0.3) is 0 Å². The summed E-state index contributed by atoms with van der Waals surface area (Å²) in [5, 5.41) is 1.24. The van der Waals surface area contributed by atoms with Crippen LogP contribution in [0.2, 0.25) is 0 Å². The van der Waals surface area contributed by atoms with Crippen LogP contribution in [-0.4, -0.2) is 25.6 Å². The molecular formula is C16H17F3N2O2S. The molecule has 24 heavy (non-hydrogen) atoms. The van der Waals surface area contributed by atoms with Crippen molar-refractivity contribution in [2.75, 3.05) is 0 Å². The minimum Gasteiger partial charge on any atom is -0.264 e. The highest BCUT2D eigenvalue weighted by molar-refractivity contribution is 7.89. The van der Waals surface area contributed by atoms with Gasteiger partial charge in [-0.25, -0.2) is 13.1 Å². The van der Waals surface area contributed by atoms with Crippen LogP contribution in [0, 0.1) is 5.92 Å². The summed E-state index contributed by atoms with van der Waals surface area (Å²) in [5.41, 5.74) is 0. The first-order chi connectivity index (χ1) is 11.3. The molecule has 1 aromatic carbocycles. The quantitative estimate of drug-likeness (QED) is 0.911. The molecule has 0 saturated heterocycles. The molecule has 3 rings (SSSR count). The Morgan fingerprint density at radius 1 is 1.08 bits per heavy atom. The van der Waals surface area contributed by atoms with E-state index in [0.717, 1.165) is 0 Å². The highest BCUT2D eigenvalue weighted by Crippen LogP contribution is 2.37. The summed E-state index contributed by atoms with van der Waals surface area (Å²) in [4.78, 5) is 4.09. The van der Waals surface area contributed by atoms with Gasteiger partial charge in [0.1, 0.15) is 0 Å². The fourth-order valence-corrected chi connectivity index (χ4v) is 4.68. The Balaban J connectivity index is 1.78. The Bertz CT molecular complexity index is 823. The van der Waals surface area contributed by atoms with E-state index in [9.17, 15) is 21.6 Å². The Morgan fingerprint density at radius 2 is 1.79 bits per heavy atom. The normalized spacial score (nSPS) is 22.6. The van der Waals surface area contributed by atoms with E-state index in [1.165, 1.54) is 12.3 Å². The number of aromatic nitrogens is 1. The molecule has 0 amide bonds. The first-order valence-electron chi connectivity index (χ1n) is 7.69. The minimum absolute atomic E-state index is 0.0455. The molecule has 0 atom stereocenters. The Hall–Kier alpha value is -1.67. The van der Waals surface area contributed by atoms with Gasteiger partial charge in [-0.2, -0.15) is 13.2 Å². The first-order valence-corrected chi connectivity index (χ1v) is 9.17. The third-order valence-corrected chi connectivity index (χ3v) is 6.02. The number of halogens is 3. The van der Waals surface area contributed by atoms with Crippen LogP contribution >= 0.6 is 0 Å². The van der Waals surface area contributed by atoms with Gasteiger partial charge in [-0.15, -0.1) is 0 Å². The second-order valence-electron chi connectivity index (χ2n) is 6.06. The van der Waals surface area contributed by atoms with Gasteiger partial charge in [0, 0.05) is 29.2 Å². The van der Waals surface area contributed by atoms with Crippen molar-refractivity contribution in [3.63, 3.8) is 0 Å². The van der Waals surface area contributed by atoms with E-state index in [2.05, 4.69) is 9.71 Å². The zero-order valence-corrected chi connectivity index (χ0v) is 13.6. The summed E-state index contributed by atoms with van der Waals surface area (Å²) in [7, 11) is -3.80. The van der Waals surface area contributed by atoms with E-state index < -0.39 is 28.2 Å². The van der Waals surface area contributed by atoms with E-state index in [1.54, 1.807) is 24.4 Å². The van der Waals surface area contributed by atoms with Crippen LogP contribution in [0.25, 0.3) is 10.8 Å². The summed E-state index contributed by atoms with van der Waals surface area (Å²) in [6, 6.07) is 6.02. The summed E-state index contributed by atoms with van der Waals surface area (Å²) in [5.74, 6) is -1.33. The molecule has 0 aliphatic heterocycles. The molecule has 1 saturated carbocycles. The van der Waals surface area contributed by atoms with Crippen LogP contribution in [0.15, 0.2) is 41.6 Å². The molecule has 2 aromatic rings. The lowest BCUT2D eigenvalue weighted by atomic mass is 9.86. The highest BCUT2D eigenvalue weighted by atomic mass is 32.2. The van der Waals surface area contributed by atoms with Crippen LogP contribution in [0.3, 0.4) is 0 Å². The van der Waals surface area contributed by atoms with Crippen molar-refractivity contribution in [2.45, 2.75) is 42.8 Å². The molecule has 0 bridgehead atoms. The minimum atomic E-state index is -4.20. The highest BCUT2D eigenvalue weighted by Gasteiger charge is 2.41. The van der Waals surface area contributed by atoms with Gasteiger partial charge in [-0.1, -0.05) is 12.1 Å². The number of hydrogen-bond acceptors (Lipinski definition) is 3. The lowest BCUT2D eigenvalue weighted by molar-refractivity contribution is -0.182. The lowest BCUT2D eigenvalue weighted by Gasteiger charge is -2.30. The zero-order chi connectivity index (χ0) is 17.4. The second kappa shape index (κ2) is 6.33. The van der Waals surface area contributed by atoms with Crippen LogP contribution in [0.1, 0.15) is 25.7 Å². The molecule has 1 heterocycles. The number of rotatable bonds is 3. The number of hydrogen-bond donors (Lipinski definition) is 1. The fraction of sp³-hybridized carbons (Fsp3) is 0.438. The van der Waals surface area contributed by atoms with Gasteiger partial charge in [-0.05, 0) is 37.8 Å². The van der Waals surface area contributed by atoms with E-state index in [-0.39, 0.29) is 30.6 Å². The number of nitrogens with zero attached hydrogens (tertiary/aromatic N) is 1. The average molecular weight is 358 g/mol. The average Bonchev–Trinajstić information content (AvgIpc) is 2.53. The van der Waals surface area contributed by atoms with Crippen molar-refractivity contribution in [3.05, 3.63) is 36.7 Å². The molecular weight excluding hydrogens is 341 g/mol. The Morgan fingerprint density at radius 3 is 2.46 bits per heavy atom. The van der Waals surface area contributed by atoms with Crippen molar-refractivity contribution in [1.29, 1.82) is 0 Å². The summed E-state index contributed by atoms with van der Waals surface area (Å²) in [6.45, 7) is 0. The number of fused-ring (bicyclic) bond motifs is 1. The monoisotopic (exact) mass is 358 g/mol. The summed E-state index contributed by atoms with van der Waals surface area (Å²) < 4.78 is 65.9. The molecule has 1 fully saturated rings. The van der Waals surface area contributed by atoms with E-state index >= 15 is 0 Å². The van der Waals surface area contributed by atoms with Gasteiger partial charge < -0.3 is 0 Å². The number of pyridine rings is 1. The lowest BCUT2D eigenvalue weighted by Crippen LogP contribution is -2.40. The van der Waals surface area contributed by atoms with Crippen LogP contribution in [0.5, 0.6) is 0 Å². The maximum Gasteiger partial charge on any atom is 0.391 e. The van der Waals surface area contributed by atoms with E-state index in [1.807, 2.05) is 0 Å². The predicted molar refractivity (Wildman–Crippen MR) is 83.9 cm³/mol. The third-order valence-electron chi connectivity index (χ3n) is 4.44. The maximum absolute atomic E-state index is 12.7. The topological polar surface area (TPSA) is 59.1 Å². The third kappa shape index (κ3) is 3.54. The van der Waals surface area contributed by atoms with Crippen molar-refractivity contribution in [3.8, 4) is 0 Å². The number of nitrogens with one attached hydrogen (secondary N) is 1. The largest absolute Gasteiger partial charge is 0.391 e. The van der Waals surface area contributed by atoms with Gasteiger partial charge in [0.15, 0.2) is 0 Å². The molecule has 1 aliphatic carbocycles. The van der Waals surface area contributed by atoms with Crippen LogP contribution in [-0.2, 0) is 10.0 Å². The molecule has 0 radical (unpaired) electrons. The summed E-state index contributed by atoms with van der Waals surface area (Å²) >= 11 is 0. The van der Waals surface area contributed by atoms with Crippen LogP contribution in [0.4, 0.5) is 13.2 Å². The standard InChI is InChI=1S/C16H17F3N2O2S/c17-16(18,19)12-4-6-13(7-5-12)21-24(22,23)15-3-1-2-11-10-20-9-8-14(11)15/h1-3,8-10,12-13,21H,4-7H2. The van der Waals surface area contributed by atoms with Gasteiger partial charge >= 0.3 is 6.18 Å². The van der Waals surface area contributed by atoms with Crippen molar-refractivity contribution < 1.29 is 21.6 Å². The van der Waals surface area contributed by atoms with Crippen molar-refractivity contribution >= 4 is 20.8 Å². The zero-order valence-electron chi connectivity index (χ0n) is 12.8. The summed E-state index contributed by atoms with van der Waals surface area (Å²) in [6.07, 6.45) is -0.830. The maximum atomic E-state index is 12.7. The number of alkyl halides is 3. The molecule has 1 aliphatic rings. The predicted octanol–water partition coefficient (Wildman–Crippen LogP) is 3.63. The van der Waals surface area contributed by atoms with Gasteiger partial charge in [-0.3, -0.25) is 4.98 Å². The molecule has 0 unspecified atom stereocenters. The molecule has 1 aromatic heterocycles. The van der Waals surface area contributed by atoms with Gasteiger partial charge in [0.05, 0.1) is 10.8 Å². The first kappa shape index (κ1) is 17.2. The van der Waals surface area contributed by atoms with Crippen molar-refractivity contribution in [1.82, 2.24) is 9.71 Å². The smallest absolute Gasteiger partial charge is 0.264 e. The molecule has 0 spiro atoms. The Kier molecular flexibility index (Phi) is 4.52. The molecule has 4 nitrogen and oxygen atoms in total. The Labute approximate surface area is 138 Å². The van der Waals surface area contributed by atoms with Gasteiger partial charge in [0.2, 0.25) is 10.0 Å².